The molecule has 114 valence electrons. The molecule has 1 rings (SSSR count). The number of hydrogen-bond donors (Lipinski definition) is 0. The van der Waals surface area contributed by atoms with Crippen LogP contribution in [-0.4, -0.2) is 44.4 Å². The van der Waals surface area contributed by atoms with Crippen LogP contribution in [0.4, 0.5) is 13.2 Å². The van der Waals surface area contributed by atoms with Gasteiger partial charge in [-0.1, -0.05) is 13.8 Å². The normalized spacial score (nSPS) is 19.9. The molecule has 0 bridgehead atoms. The van der Waals surface area contributed by atoms with Crippen LogP contribution in [0.2, 0.25) is 0 Å². The van der Waals surface area contributed by atoms with Crippen LogP contribution in [-0.2, 0) is 4.74 Å². The molecule has 0 spiro atoms. The van der Waals surface area contributed by atoms with Gasteiger partial charge in [-0.15, -0.1) is 0 Å². The highest BCUT2D eigenvalue weighted by Gasteiger charge is 2.41. The predicted octanol–water partition coefficient (Wildman–Crippen LogP) is 3.71. The van der Waals surface area contributed by atoms with Crippen LogP contribution in [0, 0.1) is 11.3 Å². The lowest BCUT2D eigenvalue weighted by molar-refractivity contribution is -0.185. The lowest BCUT2D eigenvalue weighted by Crippen LogP contribution is -2.45. The molecule has 0 radical (unpaired) electrons. The van der Waals surface area contributed by atoms with Gasteiger partial charge in [0.05, 0.1) is 12.5 Å². The van der Waals surface area contributed by atoms with Crippen LogP contribution in [0.15, 0.2) is 0 Å². The molecule has 0 aliphatic carbocycles. The fraction of sp³-hybridized carbons (Fsp3) is 1.00. The van der Waals surface area contributed by atoms with Crippen LogP contribution in [0.25, 0.3) is 0 Å². The maximum Gasteiger partial charge on any atom is 0.391 e. The second-order valence-corrected chi connectivity index (χ2v) is 5.73. The standard InChI is InChI=1S/C14H26F3NO/c1-4-13(5-2,11-19-3)10-18-8-6-12(7-9-18)14(15,16)17/h12H,4-11H2,1-3H3. The third-order valence-electron chi connectivity index (χ3n) is 4.56. The smallest absolute Gasteiger partial charge is 0.384 e. The van der Waals surface area contributed by atoms with Crippen molar-refractivity contribution in [2.75, 3.05) is 33.4 Å². The van der Waals surface area contributed by atoms with E-state index in [-0.39, 0.29) is 18.3 Å². The van der Waals surface area contributed by atoms with E-state index in [1.807, 2.05) is 0 Å². The summed E-state index contributed by atoms with van der Waals surface area (Å²) in [6.07, 6.45) is -1.56. The summed E-state index contributed by atoms with van der Waals surface area (Å²) in [7, 11) is 1.69. The number of hydrogen-bond acceptors (Lipinski definition) is 2. The number of ether oxygens (including phenoxy) is 1. The molecule has 1 saturated heterocycles. The molecule has 1 aliphatic heterocycles. The lowest BCUT2D eigenvalue weighted by Gasteiger charge is -2.40. The van der Waals surface area contributed by atoms with Crippen molar-refractivity contribution in [2.24, 2.45) is 11.3 Å². The second-order valence-electron chi connectivity index (χ2n) is 5.73. The first kappa shape index (κ1) is 16.8. The maximum atomic E-state index is 12.6. The highest BCUT2D eigenvalue weighted by molar-refractivity contribution is 4.84. The van der Waals surface area contributed by atoms with Crippen molar-refractivity contribution in [3.05, 3.63) is 0 Å². The molecule has 0 atom stereocenters. The first-order chi connectivity index (χ1) is 8.87. The zero-order chi connectivity index (χ0) is 14.5. The van der Waals surface area contributed by atoms with Gasteiger partial charge in [0.25, 0.3) is 0 Å². The van der Waals surface area contributed by atoms with Gasteiger partial charge in [-0.05, 0) is 38.8 Å². The third-order valence-corrected chi connectivity index (χ3v) is 4.56. The topological polar surface area (TPSA) is 12.5 Å². The van der Waals surface area contributed by atoms with Crippen molar-refractivity contribution in [2.45, 2.75) is 45.7 Å². The highest BCUT2D eigenvalue weighted by atomic mass is 19.4. The van der Waals surface area contributed by atoms with E-state index in [2.05, 4.69) is 18.7 Å². The molecular formula is C14H26F3NO. The van der Waals surface area contributed by atoms with Crippen LogP contribution in [0.3, 0.4) is 0 Å². The van der Waals surface area contributed by atoms with E-state index >= 15 is 0 Å². The summed E-state index contributed by atoms with van der Waals surface area (Å²) in [5.74, 6) is -1.11. The molecule has 2 nitrogen and oxygen atoms in total. The summed E-state index contributed by atoms with van der Waals surface area (Å²) in [6.45, 7) is 6.89. The Bertz CT molecular complexity index is 256. The Balaban J connectivity index is 2.51. The molecule has 0 aromatic carbocycles. The van der Waals surface area contributed by atoms with E-state index < -0.39 is 12.1 Å². The number of alkyl halides is 3. The molecule has 5 heteroatoms. The van der Waals surface area contributed by atoms with Gasteiger partial charge in [-0.2, -0.15) is 13.2 Å². The molecule has 19 heavy (non-hydrogen) atoms. The SMILES string of the molecule is CCC(CC)(COC)CN1CCC(C(F)(F)F)CC1. The number of piperidine rings is 1. The minimum absolute atomic E-state index is 0.0832. The van der Waals surface area contributed by atoms with E-state index in [9.17, 15) is 13.2 Å². The fourth-order valence-electron chi connectivity index (χ4n) is 2.92. The largest absolute Gasteiger partial charge is 0.391 e. The van der Waals surface area contributed by atoms with Gasteiger partial charge in [-0.3, -0.25) is 0 Å². The van der Waals surface area contributed by atoms with E-state index in [4.69, 9.17) is 4.74 Å². The average molecular weight is 281 g/mol. The predicted molar refractivity (Wildman–Crippen MR) is 70.1 cm³/mol. The highest BCUT2D eigenvalue weighted by Crippen LogP contribution is 2.36. The average Bonchev–Trinajstić information content (AvgIpc) is 2.37. The molecule has 1 heterocycles. The fourth-order valence-corrected chi connectivity index (χ4v) is 2.92. The molecule has 0 aromatic rings. The van der Waals surface area contributed by atoms with E-state index in [0.29, 0.717) is 19.7 Å². The number of methoxy groups -OCH3 is 1. The Morgan fingerprint density at radius 3 is 2.00 bits per heavy atom. The Morgan fingerprint density at radius 1 is 1.11 bits per heavy atom. The van der Waals surface area contributed by atoms with Gasteiger partial charge in [0, 0.05) is 19.1 Å². The van der Waals surface area contributed by atoms with Crippen LogP contribution >= 0.6 is 0 Å². The molecular weight excluding hydrogens is 255 g/mol. The number of halogens is 3. The van der Waals surface area contributed by atoms with Crippen molar-refractivity contribution >= 4 is 0 Å². The summed E-state index contributed by atoms with van der Waals surface area (Å²) < 4.78 is 43.2. The molecule has 0 amide bonds. The molecule has 1 aliphatic rings. The minimum atomic E-state index is -4.02. The van der Waals surface area contributed by atoms with Crippen molar-refractivity contribution in [3.8, 4) is 0 Å². The zero-order valence-corrected chi connectivity index (χ0v) is 12.2. The number of rotatable bonds is 6. The van der Waals surface area contributed by atoms with Crippen molar-refractivity contribution < 1.29 is 17.9 Å². The monoisotopic (exact) mass is 281 g/mol. The summed E-state index contributed by atoms with van der Waals surface area (Å²) >= 11 is 0. The number of nitrogens with zero attached hydrogens (tertiary/aromatic N) is 1. The molecule has 0 N–H and O–H groups in total. The summed E-state index contributed by atoms with van der Waals surface area (Å²) in [5, 5.41) is 0. The molecule has 0 unspecified atom stereocenters. The van der Waals surface area contributed by atoms with Gasteiger partial charge in [0.15, 0.2) is 0 Å². The Morgan fingerprint density at radius 2 is 1.63 bits per heavy atom. The van der Waals surface area contributed by atoms with Crippen molar-refractivity contribution in [1.29, 1.82) is 0 Å². The summed E-state index contributed by atoms with van der Waals surface area (Å²) in [4.78, 5) is 2.17. The first-order valence-electron chi connectivity index (χ1n) is 7.15. The van der Waals surface area contributed by atoms with Gasteiger partial charge < -0.3 is 9.64 Å². The third kappa shape index (κ3) is 4.63. The summed E-state index contributed by atoms with van der Waals surface area (Å²) in [5.41, 5.74) is 0.0832. The molecule has 1 fully saturated rings. The Kier molecular flexibility index (Phi) is 6.12. The van der Waals surface area contributed by atoms with Gasteiger partial charge in [0.2, 0.25) is 0 Å². The molecule has 0 saturated carbocycles. The quantitative estimate of drug-likeness (QED) is 0.736. The van der Waals surface area contributed by atoms with Gasteiger partial charge in [-0.25, -0.2) is 0 Å². The Labute approximate surface area is 114 Å². The first-order valence-corrected chi connectivity index (χ1v) is 7.15. The van der Waals surface area contributed by atoms with Crippen molar-refractivity contribution in [1.82, 2.24) is 4.90 Å². The van der Waals surface area contributed by atoms with Crippen LogP contribution < -0.4 is 0 Å². The van der Waals surface area contributed by atoms with Crippen molar-refractivity contribution in [3.63, 3.8) is 0 Å². The van der Waals surface area contributed by atoms with E-state index in [1.54, 1.807) is 7.11 Å². The zero-order valence-electron chi connectivity index (χ0n) is 12.2. The molecule has 0 aromatic heterocycles. The summed E-state index contributed by atoms with van der Waals surface area (Å²) in [6, 6.07) is 0. The maximum absolute atomic E-state index is 12.6. The van der Waals surface area contributed by atoms with E-state index in [0.717, 1.165) is 19.4 Å². The van der Waals surface area contributed by atoms with Gasteiger partial charge in [0.1, 0.15) is 0 Å². The lowest BCUT2D eigenvalue weighted by atomic mass is 9.81. The second kappa shape index (κ2) is 6.93. The van der Waals surface area contributed by atoms with Crippen LogP contribution in [0.5, 0.6) is 0 Å². The Hall–Kier alpha value is -0.290. The number of likely N-dealkylation sites (tertiary alicyclic amines) is 1. The van der Waals surface area contributed by atoms with Gasteiger partial charge >= 0.3 is 6.18 Å². The van der Waals surface area contributed by atoms with E-state index in [1.165, 1.54) is 0 Å². The minimum Gasteiger partial charge on any atom is -0.384 e. The van der Waals surface area contributed by atoms with Crippen LogP contribution in [0.1, 0.15) is 39.5 Å².